The van der Waals surface area contributed by atoms with E-state index in [-0.39, 0.29) is 17.4 Å². The number of pyridine rings is 5. The van der Waals surface area contributed by atoms with Gasteiger partial charge in [0.05, 0.1) is 94.2 Å². The summed E-state index contributed by atoms with van der Waals surface area (Å²) < 4.78 is 6.17. The average Bonchev–Trinajstić information content (AvgIpc) is 2.44. The molecular formula is C68H61ClN14O2. The van der Waals surface area contributed by atoms with Gasteiger partial charge in [0.1, 0.15) is 5.82 Å². The highest BCUT2D eigenvalue weighted by atomic mass is 35.5. The number of nitrogens with zero attached hydrogens (tertiary/aromatic N) is 12. The summed E-state index contributed by atoms with van der Waals surface area (Å²) in [7, 11) is 0. The highest BCUT2D eigenvalue weighted by Gasteiger charge is 2.24. The van der Waals surface area contributed by atoms with Gasteiger partial charge < -0.3 is 24.4 Å². The molecule has 3 aromatic carbocycles. The van der Waals surface area contributed by atoms with E-state index in [4.69, 9.17) is 33.1 Å². The average molecular weight is 1140 g/mol. The van der Waals surface area contributed by atoms with Crippen molar-refractivity contribution < 1.29 is 9.59 Å². The van der Waals surface area contributed by atoms with E-state index in [2.05, 4.69) is 81.2 Å². The van der Waals surface area contributed by atoms with Crippen LogP contribution in [0, 0.1) is 68.6 Å². The second kappa shape index (κ2) is 27.5. The first-order valence-corrected chi connectivity index (χ1v) is 28.1. The first-order chi connectivity index (χ1) is 41.3. The second-order valence-electron chi connectivity index (χ2n) is 20.3. The minimum Gasteiger partial charge on any atom is -0.383 e. The van der Waals surface area contributed by atoms with Crippen molar-refractivity contribution in [3.8, 4) is 35.3 Å². The quantitative estimate of drug-likeness (QED) is 0.107. The number of benzene rings is 3. The summed E-state index contributed by atoms with van der Waals surface area (Å²) in [6.45, 7) is 12.4. The van der Waals surface area contributed by atoms with Gasteiger partial charge in [0.2, 0.25) is 0 Å². The third-order valence-corrected chi connectivity index (χ3v) is 14.9. The van der Waals surface area contributed by atoms with Gasteiger partial charge in [-0.25, -0.2) is 4.98 Å². The number of aromatic amines is 1. The summed E-state index contributed by atoms with van der Waals surface area (Å²) in [5, 5.41) is 30.9. The van der Waals surface area contributed by atoms with Gasteiger partial charge in [-0.05, 0) is 181 Å². The summed E-state index contributed by atoms with van der Waals surface area (Å²) in [6, 6.07) is 44.4. The van der Waals surface area contributed by atoms with Crippen LogP contribution in [0.3, 0.4) is 0 Å². The fraction of sp³-hybridized carbons (Fsp3) is 0.176. The predicted octanol–water partition coefficient (Wildman–Crippen LogP) is 13.6. The maximum Gasteiger partial charge on any atom is 0.180 e. The molecule has 12 aromatic rings. The molecule has 10 heterocycles. The van der Waals surface area contributed by atoms with Gasteiger partial charge in [-0.2, -0.15) is 15.8 Å². The Kier molecular flexibility index (Phi) is 19.1. The number of carbonyl (C=O) groups excluding carboxylic acids is 2. The normalized spacial score (nSPS) is 11.8. The third kappa shape index (κ3) is 13.5. The lowest BCUT2D eigenvalue weighted by Crippen LogP contribution is -2.34. The minimum absolute atomic E-state index is 0.0599. The summed E-state index contributed by atoms with van der Waals surface area (Å²) >= 11 is 5.74. The molecule has 0 radical (unpaired) electrons. The number of carbonyl (C=O) groups is 2. The number of nitrogen functional groups attached to an aromatic ring is 1. The number of ketones is 2. The number of Topliss-reactive ketones (excluding diaryl/α,β-unsaturated/α-hetero) is 2. The van der Waals surface area contributed by atoms with Crippen molar-refractivity contribution in [2.75, 3.05) is 31.2 Å². The van der Waals surface area contributed by atoms with E-state index in [1.807, 2.05) is 130 Å². The highest BCUT2D eigenvalue weighted by molar-refractivity contribution is 6.32. The molecule has 85 heavy (non-hydrogen) atoms. The Bertz CT molecular complexity index is 4400. The lowest BCUT2D eigenvalue weighted by Gasteiger charge is -2.25. The van der Waals surface area contributed by atoms with Gasteiger partial charge in [-0.3, -0.25) is 34.4 Å². The molecule has 0 aliphatic carbocycles. The number of rotatable bonds is 8. The van der Waals surface area contributed by atoms with Crippen LogP contribution in [-0.2, 0) is 0 Å². The number of likely N-dealkylation sites (tertiary alicyclic amines) is 1. The van der Waals surface area contributed by atoms with Crippen molar-refractivity contribution in [1.82, 2.24) is 48.5 Å². The Labute approximate surface area is 497 Å². The second-order valence-corrected chi connectivity index (χ2v) is 20.6. The number of nitriles is 3. The molecule has 0 bridgehead atoms. The molecule has 0 atom stereocenters. The zero-order chi connectivity index (χ0) is 60.0. The maximum absolute atomic E-state index is 13.2. The van der Waals surface area contributed by atoms with Crippen LogP contribution >= 0.6 is 11.6 Å². The number of aryl methyl sites for hydroxylation is 3. The Balaban J connectivity index is 0.000000135. The molecule has 1 aliphatic heterocycles. The van der Waals surface area contributed by atoms with E-state index < -0.39 is 0 Å². The Hall–Kier alpha value is -10.6. The van der Waals surface area contributed by atoms with Crippen LogP contribution in [0.15, 0.2) is 177 Å². The zero-order valence-corrected chi connectivity index (χ0v) is 48.6. The van der Waals surface area contributed by atoms with Gasteiger partial charge in [0.25, 0.3) is 0 Å². The molecule has 1 fully saturated rings. The molecule has 422 valence electrons. The monoisotopic (exact) mass is 1140 g/mol. The lowest BCUT2D eigenvalue weighted by molar-refractivity contribution is 0.0916. The third-order valence-electron chi connectivity index (χ3n) is 14.7. The number of aromatic nitrogens is 9. The number of nitrogens with two attached hydrogens (primary N) is 1. The molecule has 16 nitrogen and oxygen atoms in total. The van der Waals surface area contributed by atoms with Crippen LogP contribution in [0.5, 0.6) is 0 Å². The number of piperidine rings is 1. The number of hydrogen-bond donors (Lipinski definition) is 2. The number of anilines is 1. The topological polar surface area (TPSA) is 230 Å². The van der Waals surface area contributed by atoms with E-state index in [1.54, 1.807) is 67.6 Å². The standard InChI is InChI=1S/C22H22N4O.C17H12ClN3O.C15H11N3.C8H8N2.C6H8N2/c1-16-22(21(27)15-25-11-3-2-4-12-25)19-9-10-24-14-20(19)26(16)18-7-5-17(13-23)6-8-18;1-11-17(16(22)8-18)14-6-7-20-10-15(14)21(11)13-4-2-12(9-19)3-5-13;1-11-8-13-6-7-17-10-15(13)18(11)14-4-2-12(9-16)3-5-14;1-6-4-7-2-3-9-5-8(7)10-6;1-5-3-2-4-8-6(5)7/h5-10,14H,2-4,11-12,15H2,1H3;2-7,10H,8H2,1H3;2-8,10H,1H3;2-5,10H,1H3;2-4H,1H3,(H2,7,8). The van der Waals surface area contributed by atoms with Gasteiger partial charge in [-0.15, -0.1) is 11.6 Å². The Morgan fingerprint density at radius 3 is 1.49 bits per heavy atom. The molecule has 3 N–H and O–H groups in total. The summed E-state index contributed by atoms with van der Waals surface area (Å²) in [6.07, 6.45) is 19.5. The molecule has 1 aliphatic rings. The van der Waals surface area contributed by atoms with Crippen molar-refractivity contribution in [2.45, 2.75) is 53.9 Å². The number of H-pyrrole nitrogens is 1. The molecule has 1 saturated heterocycles. The van der Waals surface area contributed by atoms with Gasteiger partial charge in [-0.1, -0.05) is 12.5 Å². The van der Waals surface area contributed by atoms with Crippen molar-refractivity contribution in [3.63, 3.8) is 0 Å². The van der Waals surface area contributed by atoms with Crippen LogP contribution in [0.25, 0.3) is 60.7 Å². The summed E-state index contributed by atoms with van der Waals surface area (Å²) in [5.74, 6) is 0.614. The van der Waals surface area contributed by atoms with Crippen LogP contribution in [0.4, 0.5) is 5.82 Å². The smallest absolute Gasteiger partial charge is 0.180 e. The van der Waals surface area contributed by atoms with Crippen LogP contribution in [-0.4, -0.2) is 85.6 Å². The molecule has 0 amide bonds. The number of alkyl halides is 1. The molecule has 9 aromatic heterocycles. The summed E-state index contributed by atoms with van der Waals surface area (Å²) in [4.78, 5) is 51.3. The highest BCUT2D eigenvalue weighted by Crippen LogP contribution is 2.32. The van der Waals surface area contributed by atoms with Crippen molar-refractivity contribution >= 4 is 72.6 Å². The molecular weight excluding hydrogens is 1080 g/mol. The van der Waals surface area contributed by atoms with E-state index >= 15 is 0 Å². The minimum atomic E-state index is -0.109. The van der Waals surface area contributed by atoms with E-state index in [0.717, 1.165) is 91.2 Å². The molecule has 17 heteroatoms. The Morgan fingerprint density at radius 1 is 0.553 bits per heavy atom. The molecule has 0 spiro atoms. The van der Waals surface area contributed by atoms with E-state index in [0.29, 0.717) is 34.6 Å². The predicted molar refractivity (Wildman–Crippen MR) is 335 cm³/mol. The van der Waals surface area contributed by atoms with Gasteiger partial charge >= 0.3 is 0 Å². The first kappa shape index (κ1) is 59.1. The van der Waals surface area contributed by atoms with Crippen molar-refractivity contribution in [3.05, 3.63) is 233 Å². The van der Waals surface area contributed by atoms with Crippen molar-refractivity contribution in [2.24, 2.45) is 0 Å². The zero-order valence-electron chi connectivity index (χ0n) is 47.8. The SMILES string of the molecule is Cc1c(C(=O)CCl)c2ccncc2n1-c1ccc(C#N)cc1.Cc1c(C(=O)CN2CCCCC2)c2ccncc2n1-c1ccc(C#N)cc1.Cc1cc2ccncc2[nH]1.Cc1cc2ccncc2n1-c1ccc(C#N)cc1.Cc1cccnc1N. The van der Waals surface area contributed by atoms with Crippen molar-refractivity contribution in [1.29, 1.82) is 15.8 Å². The molecule has 0 unspecified atom stereocenters. The molecule has 0 saturated carbocycles. The fourth-order valence-corrected chi connectivity index (χ4v) is 10.7. The van der Waals surface area contributed by atoms with E-state index in [1.165, 1.54) is 35.7 Å². The largest absolute Gasteiger partial charge is 0.383 e. The van der Waals surface area contributed by atoms with Crippen LogP contribution in [0.2, 0.25) is 0 Å². The number of nitrogens with one attached hydrogen (secondary N) is 1. The fourth-order valence-electron chi connectivity index (χ4n) is 10.6. The summed E-state index contributed by atoms with van der Waals surface area (Å²) in [5.41, 5.74) is 20.6. The number of hydrogen-bond acceptors (Lipinski definition) is 12. The van der Waals surface area contributed by atoms with Gasteiger partial charge in [0.15, 0.2) is 11.6 Å². The van der Waals surface area contributed by atoms with E-state index in [9.17, 15) is 9.59 Å². The number of halogens is 1. The molecule has 13 rings (SSSR count). The first-order valence-electron chi connectivity index (χ1n) is 27.6. The Morgan fingerprint density at radius 2 is 1.02 bits per heavy atom. The maximum atomic E-state index is 13.2. The lowest BCUT2D eigenvalue weighted by atomic mass is 10.1. The van der Waals surface area contributed by atoms with Crippen LogP contribution in [0.1, 0.15) is 85.0 Å². The van der Waals surface area contributed by atoms with Crippen LogP contribution < -0.4 is 5.73 Å². The number of fused-ring (bicyclic) bond motifs is 4. The van der Waals surface area contributed by atoms with Gasteiger partial charge in [0, 0.05) is 103 Å².